The van der Waals surface area contributed by atoms with E-state index in [2.05, 4.69) is 37.0 Å². The van der Waals surface area contributed by atoms with E-state index < -0.39 is 0 Å². The van der Waals surface area contributed by atoms with Crippen molar-refractivity contribution in [3.8, 4) is 0 Å². The molecular weight excluding hydrogens is 238 g/mol. The van der Waals surface area contributed by atoms with Crippen molar-refractivity contribution in [3.05, 3.63) is 52.7 Å². The van der Waals surface area contributed by atoms with E-state index in [1.54, 1.807) is 18.0 Å². The van der Waals surface area contributed by atoms with E-state index in [-0.39, 0.29) is 0 Å². The van der Waals surface area contributed by atoms with Gasteiger partial charge in [0.05, 0.1) is 5.02 Å². The van der Waals surface area contributed by atoms with Gasteiger partial charge in [0.1, 0.15) is 5.03 Å². The van der Waals surface area contributed by atoms with Crippen molar-refractivity contribution in [1.29, 1.82) is 0 Å². The summed E-state index contributed by atoms with van der Waals surface area (Å²) in [6.45, 7) is 4.22. The number of hydrogen-bond acceptors (Lipinski definition) is 2. The fourth-order valence-electron chi connectivity index (χ4n) is 1.45. The normalized spacial score (nSPS) is 10.4. The average molecular weight is 250 g/mol. The summed E-state index contributed by atoms with van der Waals surface area (Å²) in [5.41, 5.74) is 2.56. The van der Waals surface area contributed by atoms with Crippen LogP contribution in [0.4, 0.5) is 0 Å². The Balaban J connectivity index is 2.23. The van der Waals surface area contributed by atoms with Crippen molar-refractivity contribution in [1.82, 2.24) is 4.98 Å². The van der Waals surface area contributed by atoms with Crippen LogP contribution < -0.4 is 0 Å². The second-order valence-electron chi connectivity index (χ2n) is 3.69. The maximum absolute atomic E-state index is 5.79. The van der Waals surface area contributed by atoms with Gasteiger partial charge in [0.15, 0.2) is 0 Å². The second kappa shape index (κ2) is 4.89. The number of nitrogens with zero attached hydrogens (tertiary/aromatic N) is 1. The molecule has 0 aliphatic rings. The van der Waals surface area contributed by atoms with Crippen molar-refractivity contribution >= 4 is 23.4 Å². The molecule has 0 atom stereocenters. The summed E-state index contributed by atoms with van der Waals surface area (Å²) in [5, 5.41) is 1.64. The molecule has 2 aromatic rings. The molecule has 0 fully saturated rings. The maximum atomic E-state index is 5.79. The van der Waals surface area contributed by atoms with Gasteiger partial charge in [-0.25, -0.2) is 4.98 Å². The van der Waals surface area contributed by atoms with Crippen LogP contribution in [0.3, 0.4) is 0 Å². The van der Waals surface area contributed by atoms with Crippen molar-refractivity contribution < 1.29 is 0 Å². The third-order valence-corrected chi connectivity index (χ3v) is 3.60. The lowest BCUT2D eigenvalue weighted by Crippen LogP contribution is -1.83. The number of halogens is 1. The minimum Gasteiger partial charge on any atom is -0.248 e. The first-order valence-electron chi connectivity index (χ1n) is 5.02. The van der Waals surface area contributed by atoms with Gasteiger partial charge in [0.2, 0.25) is 0 Å². The van der Waals surface area contributed by atoms with Crippen LogP contribution in [0.5, 0.6) is 0 Å². The van der Waals surface area contributed by atoms with Crippen molar-refractivity contribution in [3.63, 3.8) is 0 Å². The Bertz CT molecular complexity index is 494. The second-order valence-corrected chi connectivity index (χ2v) is 5.18. The Kier molecular flexibility index (Phi) is 3.52. The molecule has 1 aromatic carbocycles. The molecule has 0 unspecified atom stereocenters. The van der Waals surface area contributed by atoms with Crippen LogP contribution in [0, 0.1) is 13.8 Å². The Hall–Kier alpha value is -0.990. The van der Waals surface area contributed by atoms with Gasteiger partial charge >= 0.3 is 0 Å². The maximum Gasteiger partial charge on any atom is 0.101 e. The molecule has 1 heterocycles. The van der Waals surface area contributed by atoms with Gasteiger partial charge < -0.3 is 0 Å². The zero-order valence-corrected chi connectivity index (χ0v) is 10.8. The molecule has 2 rings (SSSR count). The minimum atomic E-state index is 0.671. The summed E-state index contributed by atoms with van der Waals surface area (Å²) in [7, 11) is 0. The Morgan fingerprint density at radius 2 is 1.94 bits per heavy atom. The van der Waals surface area contributed by atoms with Gasteiger partial charge in [-0.15, -0.1) is 0 Å². The summed E-state index contributed by atoms with van der Waals surface area (Å²) in [6.07, 6.45) is 1.67. The van der Waals surface area contributed by atoms with E-state index in [0.29, 0.717) is 5.02 Å². The molecule has 0 saturated heterocycles. The van der Waals surface area contributed by atoms with Gasteiger partial charge in [-0.1, -0.05) is 41.1 Å². The fraction of sp³-hybridized carbons (Fsp3) is 0.154. The lowest BCUT2D eigenvalue weighted by atomic mass is 10.2. The molecule has 1 nitrogen and oxygen atoms in total. The summed E-state index contributed by atoms with van der Waals surface area (Å²) in [5.74, 6) is 0. The van der Waals surface area contributed by atoms with Crippen LogP contribution in [-0.4, -0.2) is 4.98 Å². The van der Waals surface area contributed by atoms with E-state index in [4.69, 9.17) is 11.6 Å². The standard InChI is InChI=1S/C13H12ClNS/c1-9-3-5-12(10(2)7-9)16-13-6-4-11(14)8-15-13/h3-8H,1-2H3. The van der Waals surface area contributed by atoms with Gasteiger partial charge in [-0.05, 0) is 37.6 Å². The number of hydrogen-bond donors (Lipinski definition) is 0. The molecule has 0 aliphatic carbocycles. The molecule has 1 aromatic heterocycles. The largest absolute Gasteiger partial charge is 0.248 e. The summed E-state index contributed by atoms with van der Waals surface area (Å²) >= 11 is 7.46. The molecule has 0 bridgehead atoms. The van der Waals surface area contributed by atoms with E-state index >= 15 is 0 Å². The smallest absolute Gasteiger partial charge is 0.101 e. The van der Waals surface area contributed by atoms with Gasteiger partial charge in [-0.3, -0.25) is 0 Å². The summed E-state index contributed by atoms with van der Waals surface area (Å²) in [6, 6.07) is 10.2. The highest BCUT2D eigenvalue weighted by molar-refractivity contribution is 7.99. The van der Waals surface area contributed by atoms with Crippen molar-refractivity contribution in [2.24, 2.45) is 0 Å². The average Bonchev–Trinajstić information content (AvgIpc) is 2.25. The zero-order valence-electron chi connectivity index (χ0n) is 9.20. The number of pyridine rings is 1. The summed E-state index contributed by atoms with van der Waals surface area (Å²) < 4.78 is 0. The predicted octanol–water partition coefficient (Wildman–Crippen LogP) is 4.50. The van der Waals surface area contributed by atoms with Gasteiger partial charge in [0, 0.05) is 11.1 Å². The van der Waals surface area contributed by atoms with Gasteiger partial charge in [-0.2, -0.15) is 0 Å². The Labute approximate surface area is 105 Å². The molecule has 0 N–H and O–H groups in total. The van der Waals surface area contributed by atoms with E-state index in [1.807, 2.05) is 12.1 Å². The lowest BCUT2D eigenvalue weighted by molar-refractivity contribution is 1.13. The van der Waals surface area contributed by atoms with E-state index in [1.165, 1.54) is 16.0 Å². The summed E-state index contributed by atoms with van der Waals surface area (Å²) in [4.78, 5) is 5.50. The first-order valence-corrected chi connectivity index (χ1v) is 6.21. The fourth-order valence-corrected chi connectivity index (χ4v) is 2.38. The highest BCUT2D eigenvalue weighted by Crippen LogP contribution is 2.29. The number of aromatic nitrogens is 1. The van der Waals surface area contributed by atoms with Crippen LogP contribution in [0.2, 0.25) is 5.02 Å². The quantitative estimate of drug-likeness (QED) is 0.777. The monoisotopic (exact) mass is 249 g/mol. The molecule has 16 heavy (non-hydrogen) atoms. The third-order valence-electron chi connectivity index (χ3n) is 2.25. The van der Waals surface area contributed by atoms with Crippen LogP contribution in [-0.2, 0) is 0 Å². The van der Waals surface area contributed by atoms with Crippen molar-refractivity contribution in [2.45, 2.75) is 23.8 Å². The first-order chi connectivity index (χ1) is 7.65. The van der Waals surface area contributed by atoms with E-state index in [0.717, 1.165) is 5.03 Å². The predicted molar refractivity (Wildman–Crippen MR) is 69.3 cm³/mol. The van der Waals surface area contributed by atoms with Crippen LogP contribution in [0.25, 0.3) is 0 Å². The molecular formula is C13H12ClNS. The number of rotatable bonds is 2. The van der Waals surface area contributed by atoms with Crippen LogP contribution in [0.15, 0.2) is 46.5 Å². The topological polar surface area (TPSA) is 12.9 Å². The molecule has 0 amide bonds. The van der Waals surface area contributed by atoms with Crippen LogP contribution >= 0.6 is 23.4 Å². The van der Waals surface area contributed by atoms with Crippen LogP contribution in [0.1, 0.15) is 11.1 Å². The Morgan fingerprint density at radius 3 is 2.56 bits per heavy atom. The molecule has 0 radical (unpaired) electrons. The van der Waals surface area contributed by atoms with Gasteiger partial charge in [0.25, 0.3) is 0 Å². The van der Waals surface area contributed by atoms with Crippen molar-refractivity contribution in [2.75, 3.05) is 0 Å². The van der Waals surface area contributed by atoms with E-state index in [9.17, 15) is 0 Å². The molecule has 0 saturated carbocycles. The Morgan fingerprint density at radius 1 is 1.12 bits per heavy atom. The molecule has 0 aliphatic heterocycles. The lowest BCUT2D eigenvalue weighted by Gasteiger charge is -2.05. The zero-order chi connectivity index (χ0) is 11.5. The SMILES string of the molecule is Cc1ccc(Sc2ccc(Cl)cn2)c(C)c1. The third kappa shape index (κ3) is 2.77. The molecule has 82 valence electrons. The number of aryl methyl sites for hydroxylation is 2. The first kappa shape index (κ1) is 11.5. The molecule has 0 spiro atoms. The highest BCUT2D eigenvalue weighted by Gasteiger charge is 2.02. The highest BCUT2D eigenvalue weighted by atomic mass is 35.5. The number of benzene rings is 1. The minimum absolute atomic E-state index is 0.671. The molecule has 3 heteroatoms.